The van der Waals surface area contributed by atoms with Crippen molar-refractivity contribution in [3.05, 3.63) is 87.7 Å². The van der Waals surface area contributed by atoms with Crippen LogP contribution in [0.4, 0.5) is 18.9 Å². The van der Waals surface area contributed by atoms with Crippen LogP contribution in [0.5, 0.6) is 0 Å². The molecule has 12 nitrogen and oxygen atoms in total. The quantitative estimate of drug-likeness (QED) is 0.188. The summed E-state index contributed by atoms with van der Waals surface area (Å²) in [5, 5.41) is 10.8. The molecule has 0 unspecified atom stereocenters. The van der Waals surface area contributed by atoms with Crippen molar-refractivity contribution in [1.82, 2.24) is 34.1 Å². The van der Waals surface area contributed by atoms with Crippen LogP contribution in [0.25, 0.3) is 21.9 Å². The number of amides is 3. The van der Waals surface area contributed by atoms with Gasteiger partial charge in [-0.25, -0.2) is 9.78 Å². The second-order valence-electron chi connectivity index (χ2n) is 15.3. The number of rotatable bonds is 7. The minimum Gasteiger partial charge on any atom is -0.320 e. The number of nitrogens with zero attached hydrogens (tertiary/aromatic N) is 6. The number of pyridine rings is 1. The van der Waals surface area contributed by atoms with E-state index in [0.717, 1.165) is 97.3 Å². The number of piperidine rings is 2. The number of para-hydroxylation sites is 1. The number of imidazole rings is 1. The van der Waals surface area contributed by atoms with E-state index in [2.05, 4.69) is 26.6 Å². The van der Waals surface area contributed by atoms with Gasteiger partial charge in [0.05, 0.1) is 22.6 Å². The number of likely N-dealkylation sites (tertiary alicyclic amines) is 1. The number of carbonyl (C=O) groups excluding carboxylic acids is 3. The SMILES string of the molecule is Cc1cc2nn([C@H]3CC[C@H](CN4CCC(c5cccc6c5n(C)c(=O)n6[C@H]5CCC(=O)NC5=O)CC4)CC3)cc2cc1NC(=O)c1cccc(C(F)(F)F)n1. The first-order valence-electron chi connectivity index (χ1n) is 18.9. The van der Waals surface area contributed by atoms with E-state index in [9.17, 15) is 32.3 Å². The van der Waals surface area contributed by atoms with Gasteiger partial charge in [-0.3, -0.25) is 33.5 Å². The number of hydrogen-bond acceptors (Lipinski definition) is 7. The van der Waals surface area contributed by atoms with E-state index in [0.29, 0.717) is 23.9 Å². The molecule has 2 N–H and O–H groups in total. The summed E-state index contributed by atoms with van der Waals surface area (Å²) in [6.45, 7) is 4.80. The van der Waals surface area contributed by atoms with Crippen LogP contribution in [-0.4, -0.2) is 66.2 Å². The van der Waals surface area contributed by atoms with Crippen LogP contribution in [0, 0.1) is 12.8 Å². The van der Waals surface area contributed by atoms with E-state index < -0.39 is 29.7 Å². The van der Waals surface area contributed by atoms with Crippen LogP contribution in [0.2, 0.25) is 0 Å². The lowest BCUT2D eigenvalue weighted by Crippen LogP contribution is -2.44. The van der Waals surface area contributed by atoms with Gasteiger partial charge in [0.2, 0.25) is 11.8 Å². The molecule has 3 aromatic heterocycles. The Morgan fingerprint density at radius 2 is 1.71 bits per heavy atom. The van der Waals surface area contributed by atoms with Gasteiger partial charge in [0.15, 0.2) is 0 Å². The topological polar surface area (TPSA) is 136 Å². The van der Waals surface area contributed by atoms with Gasteiger partial charge in [-0.2, -0.15) is 18.3 Å². The number of anilines is 1. The van der Waals surface area contributed by atoms with Gasteiger partial charge < -0.3 is 10.2 Å². The highest BCUT2D eigenvalue weighted by atomic mass is 19.4. The van der Waals surface area contributed by atoms with Crippen molar-refractivity contribution in [1.29, 1.82) is 0 Å². The van der Waals surface area contributed by atoms with Crippen molar-refractivity contribution >= 4 is 45.3 Å². The average molecular weight is 757 g/mol. The monoisotopic (exact) mass is 756 g/mol. The molecule has 1 atom stereocenters. The first-order chi connectivity index (χ1) is 26.3. The highest BCUT2D eigenvalue weighted by Crippen LogP contribution is 2.37. The van der Waals surface area contributed by atoms with Crippen LogP contribution >= 0.6 is 0 Å². The maximum absolute atomic E-state index is 13.4. The minimum atomic E-state index is -4.64. The lowest BCUT2D eigenvalue weighted by molar-refractivity contribution is -0.141. The van der Waals surface area contributed by atoms with Crippen LogP contribution in [0.1, 0.15) is 96.7 Å². The van der Waals surface area contributed by atoms with Gasteiger partial charge in [-0.05, 0) is 118 Å². The zero-order chi connectivity index (χ0) is 38.6. The maximum atomic E-state index is 13.4. The Labute approximate surface area is 314 Å². The molecule has 0 radical (unpaired) electrons. The van der Waals surface area contributed by atoms with E-state index in [4.69, 9.17) is 5.10 Å². The van der Waals surface area contributed by atoms with E-state index in [1.807, 2.05) is 42.1 Å². The van der Waals surface area contributed by atoms with Gasteiger partial charge in [0.25, 0.3) is 5.91 Å². The number of hydrogen-bond donors (Lipinski definition) is 2. The molecule has 5 heterocycles. The highest BCUT2D eigenvalue weighted by Gasteiger charge is 2.34. The summed E-state index contributed by atoms with van der Waals surface area (Å²) in [4.78, 5) is 56.8. The number of aromatic nitrogens is 5. The van der Waals surface area contributed by atoms with Crippen molar-refractivity contribution in [3.8, 4) is 0 Å². The number of fused-ring (bicyclic) bond motifs is 2. The summed E-state index contributed by atoms with van der Waals surface area (Å²) < 4.78 is 44.6. The standard InChI is InChI=1S/C40H43F3N8O4/c1-23-19-31-26(20-30(23)45-37(53)29-6-4-8-34(44-29)40(41,42)43)22-50(47-31)27-11-9-24(10-12-27)21-49-17-15-25(16-18-49)28-5-3-7-32-36(28)48(2)39(55)51(32)33-13-14-35(52)46-38(33)54/h3-8,19-20,22,24-25,27,33H,9-18,21H2,1-2H3,(H,45,53)(H,46,52,54)/t24-,27-,33-/m0/s1. The Morgan fingerprint density at radius 3 is 2.44 bits per heavy atom. The third-order valence-electron chi connectivity index (χ3n) is 11.8. The first-order valence-corrected chi connectivity index (χ1v) is 18.9. The Hall–Kier alpha value is -5.31. The second kappa shape index (κ2) is 14.4. The fourth-order valence-electron chi connectivity index (χ4n) is 8.83. The molecule has 0 spiro atoms. The Kier molecular flexibility index (Phi) is 9.60. The number of nitrogens with one attached hydrogen (secondary N) is 2. The summed E-state index contributed by atoms with van der Waals surface area (Å²) >= 11 is 0. The molecule has 2 aliphatic heterocycles. The average Bonchev–Trinajstić information content (AvgIpc) is 3.69. The first kappa shape index (κ1) is 36.7. The minimum absolute atomic E-state index is 0.208. The molecule has 5 aromatic rings. The number of imide groups is 1. The van der Waals surface area contributed by atoms with E-state index in [1.165, 1.54) is 12.1 Å². The number of carbonyl (C=O) groups is 3. The summed E-state index contributed by atoms with van der Waals surface area (Å²) in [6, 6.07) is 12.5. The molecule has 1 aliphatic carbocycles. The van der Waals surface area contributed by atoms with E-state index >= 15 is 0 Å². The number of benzene rings is 2. The van der Waals surface area contributed by atoms with Crippen molar-refractivity contribution in [2.24, 2.45) is 13.0 Å². The predicted octanol–water partition coefficient (Wildman–Crippen LogP) is 6.25. The number of aryl methyl sites for hydroxylation is 2. The molecule has 2 saturated heterocycles. The van der Waals surface area contributed by atoms with E-state index in [1.54, 1.807) is 16.2 Å². The van der Waals surface area contributed by atoms with Crippen molar-refractivity contribution in [3.63, 3.8) is 0 Å². The lowest BCUT2D eigenvalue weighted by Gasteiger charge is -2.37. The molecular formula is C40H43F3N8O4. The molecule has 55 heavy (non-hydrogen) atoms. The van der Waals surface area contributed by atoms with Crippen molar-refractivity contribution in [2.75, 3.05) is 25.0 Å². The summed E-state index contributed by atoms with van der Waals surface area (Å²) in [6.07, 6.45) is 3.98. The summed E-state index contributed by atoms with van der Waals surface area (Å²) in [5.74, 6) is -0.572. The summed E-state index contributed by atoms with van der Waals surface area (Å²) in [7, 11) is 1.76. The largest absolute Gasteiger partial charge is 0.433 e. The molecule has 3 fully saturated rings. The maximum Gasteiger partial charge on any atom is 0.433 e. The third kappa shape index (κ3) is 7.17. The van der Waals surface area contributed by atoms with Crippen LogP contribution < -0.4 is 16.3 Å². The zero-order valence-electron chi connectivity index (χ0n) is 30.7. The lowest BCUT2D eigenvalue weighted by atomic mass is 9.84. The Bertz CT molecular complexity index is 2360. The normalized spacial score (nSPS) is 21.7. The van der Waals surface area contributed by atoms with Crippen LogP contribution in [0.15, 0.2) is 59.5 Å². The molecular weight excluding hydrogens is 713 g/mol. The molecule has 15 heteroatoms. The Balaban J connectivity index is 0.868. The highest BCUT2D eigenvalue weighted by molar-refractivity contribution is 6.04. The molecule has 3 amide bonds. The van der Waals surface area contributed by atoms with Gasteiger partial charge >= 0.3 is 11.9 Å². The van der Waals surface area contributed by atoms with Crippen molar-refractivity contribution in [2.45, 2.75) is 82.5 Å². The predicted molar refractivity (Wildman–Crippen MR) is 200 cm³/mol. The van der Waals surface area contributed by atoms with Crippen LogP contribution in [0.3, 0.4) is 0 Å². The second-order valence-corrected chi connectivity index (χ2v) is 15.3. The smallest absolute Gasteiger partial charge is 0.320 e. The molecule has 0 bridgehead atoms. The zero-order valence-corrected chi connectivity index (χ0v) is 30.7. The van der Waals surface area contributed by atoms with Gasteiger partial charge in [0.1, 0.15) is 17.4 Å². The number of alkyl halides is 3. The molecule has 8 rings (SSSR count). The fourth-order valence-corrected chi connectivity index (χ4v) is 8.83. The molecule has 2 aromatic carbocycles. The molecule has 3 aliphatic rings. The Morgan fingerprint density at radius 1 is 0.964 bits per heavy atom. The summed E-state index contributed by atoms with van der Waals surface area (Å²) in [5.41, 5.74) is 3.10. The van der Waals surface area contributed by atoms with Crippen molar-refractivity contribution < 1.29 is 27.6 Å². The fraction of sp³-hybridized carbons (Fsp3) is 0.450. The van der Waals surface area contributed by atoms with Gasteiger partial charge in [-0.15, -0.1) is 0 Å². The molecule has 1 saturated carbocycles. The van der Waals surface area contributed by atoms with Crippen LogP contribution in [-0.2, 0) is 22.8 Å². The third-order valence-corrected chi connectivity index (χ3v) is 11.8. The molecule has 288 valence electrons. The number of halogens is 3. The van der Waals surface area contributed by atoms with Gasteiger partial charge in [-0.1, -0.05) is 18.2 Å². The van der Waals surface area contributed by atoms with E-state index in [-0.39, 0.29) is 29.8 Å². The van der Waals surface area contributed by atoms with Gasteiger partial charge in [0, 0.05) is 37.3 Å².